The zero-order valence-electron chi connectivity index (χ0n) is 13.7. The fraction of sp³-hybridized carbons (Fsp3) is 0.0952. The molecule has 0 heterocycles. The normalized spacial score (nSPS) is 11.3. The van der Waals surface area contributed by atoms with E-state index in [1.54, 1.807) is 12.1 Å². The smallest absolute Gasteiger partial charge is 0.128 e. The minimum absolute atomic E-state index is 0.0225. The van der Waals surface area contributed by atoms with E-state index in [2.05, 4.69) is 5.16 Å². The Hall–Kier alpha value is -3.27. The van der Waals surface area contributed by atoms with Crippen molar-refractivity contribution in [1.29, 1.82) is 0 Å². The first-order valence-electron chi connectivity index (χ1n) is 8.01. The molecule has 0 unspecified atom stereocenters. The van der Waals surface area contributed by atoms with Gasteiger partial charge in [-0.3, -0.25) is 0 Å². The zero-order valence-corrected chi connectivity index (χ0v) is 13.7. The van der Waals surface area contributed by atoms with E-state index in [9.17, 15) is 10.3 Å². The van der Waals surface area contributed by atoms with Crippen molar-refractivity contribution in [2.24, 2.45) is 5.16 Å². The van der Waals surface area contributed by atoms with Crippen molar-refractivity contribution in [3.8, 4) is 11.5 Å². The number of rotatable bonds is 6. The SMILES string of the molecule is O/N=C(/Cc1ccccc1)c1ccc(OCc2ccccc2)cc1O. The number of oxime groups is 1. The third kappa shape index (κ3) is 4.38. The van der Waals surface area contributed by atoms with Gasteiger partial charge >= 0.3 is 0 Å². The highest BCUT2D eigenvalue weighted by atomic mass is 16.5. The number of phenols is 1. The van der Waals surface area contributed by atoms with Gasteiger partial charge in [-0.25, -0.2) is 0 Å². The lowest BCUT2D eigenvalue weighted by Gasteiger charge is -2.11. The van der Waals surface area contributed by atoms with E-state index < -0.39 is 0 Å². The molecular weight excluding hydrogens is 314 g/mol. The molecule has 3 rings (SSSR count). The van der Waals surface area contributed by atoms with Crippen LogP contribution in [0, 0.1) is 0 Å². The molecule has 0 spiro atoms. The van der Waals surface area contributed by atoms with Crippen molar-refractivity contribution >= 4 is 5.71 Å². The maximum atomic E-state index is 10.3. The molecule has 0 aliphatic rings. The molecule has 0 aliphatic heterocycles. The Balaban J connectivity index is 1.72. The number of nitrogens with zero attached hydrogens (tertiary/aromatic N) is 1. The second-order valence-corrected chi connectivity index (χ2v) is 5.66. The molecule has 3 aromatic carbocycles. The van der Waals surface area contributed by atoms with Crippen molar-refractivity contribution in [1.82, 2.24) is 0 Å². The number of hydrogen-bond acceptors (Lipinski definition) is 4. The molecule has 126 valence electrons. The highest BCUT2D eigenvalue weighted by Gasteiger charge is 2.12. The Morgan fingerprint density at radius 2 is 1.48 bits per heavy atom. The monoisotopic (exact) mass is 333 g/mol. The van der Waals surface area contributed by atoms with Gasteiger partial charge in [-0.15, -0.1) is 0 Å². The van der Waals surface area contributed by atoms with Crippen LogP contribution in [0.5, 0.6) is 11.5 Å². The quantitative estimate of drug-likeness (QED) is 0.399. The number of benzene rings is 3. The van der Waals surface area contributed by atoms with Crippen LogP contribution in [-0.4, -0.2) is 16.0 Å². The van der Waals surface area contributed by atoms with Gasteiger partial charge in [0.05, 0.1) is 5.71 Å². The van der Waals surface area contributed by atoms with E-state index in [1.807, 2.05) is 60.7 Å². The van der Waals surface area contributed by atoms with Crippen LogP contribution >= 0.6 is 0 Å². The van der Waals surface area contributed by atoms with Gasteiger partial charge in [0.25, 0.3) is 0 Å². The van der Waals surface area contributed by atoms with Gasteiger partial charge < -0.3 is 15.1 Å². The van der Waals surface area contributed by atoms with Gasteiger partial charge in [-0.2, -0.15) is 0 Å². The topological polar surface area (TPSA) is 62.1 Å². The van der Waals surface area contributed by atoms with Gasteiger partial charge in [0.2, 0.25) is 0 Å². The summed E-state index contributed by atoms with van der Waals surface area (Å²) in [5, 5.41) is 23.0. The van der Waals surface area contributed by atoms with E-state index in [0.717, 1.165) is 11.1 Å². The van der Waals surface area contributed by atoms with E-state index in [1.165, 1.54) is 6.07 Å². The summed E-state index contributed by atoms with van der Waals surface area (Å²) in [6.45, 7) is 0.421. The molecule has 0 atom stereocenters. The summed E-state index contributed by atoms with van der Waals surface area (Å²) >= 11 is 0. The molecule has 0 aliphatic carbocycles. The lowest BCUT2D eigenvalue weighted by Crippen LogP contribution is -2.06. The largest absolute Gasteiger partial charge is 0.507 e. The molecule has 25 heavy (non-hydrogen) atoms. The lowest BCUT2D eigenvalue weighted by atomic mass is 10.0. The Morgan fingerprint density at radius 3 is 2.08 bits per heavy atom. The van der Waals surface area contributed by atoms with Crippen LogP contribution in [0.4, 0.5) is 0 Å². The Kier molecular flexibility index (Phi) is 5.32. The molecule has 0 fully saturated rings. The Morgan fingerprint density at radius 1 is 0.840 bits per heavy atom. The highest BCUT2D eigenvalue weighted by Crippen LogP contribution is 2.26. The lowest BCUT2D eigenvalue weighted by molar-refractivity contribution is 0.304. The van der Waals surface area contributed by atoms with Crippen LogP contribution in [0.2, 0.25) is 0 Å². The van der Waals surface area contributed by atoms with Gasteiger partial charge in [0, 0.05) is 18.1 Å². The fourth-order valence-electron chi connectivity index (χ4n) is 2.56. The van der Waals surface area contributed by atoms with Crippen molar-refractivity contribution in [3.63, 3.8) is 0 Å². The highest BCUT2D eigenvalue weighted by molar-refractivity contribution is 6.03. The van der Waals surface area contributed by atoms with Crippen LogP contribution in [0.15, 0.2) is 84.0 Å². The second-order valence-electron chi connectivity index (χ2n) is 5.66. The third-order valence-corrected chi connectivity index (χ3v) is 3.86. The van der Waals surface area contributed by atoms with E-state index in [4.69, 9.17) is 4.74 Å². The summed E-state index contributed by atoms with van der Waals surface area (Å²) in [4.78, 5) is 0. The van der Waals surface area contributed by atoms with Crippen LogP contribution in [0.3, 0.4) is 0 Å². The van der Waals surface area contributed by atoms with Gasteiger partial charge in [0.1, 0.15) is 18.1 Å². The van der Waals surface area contributed by atoms with E-state index in [-0.39, 0.29) is 5.75 Å². The maximum absolute atomic E-state index is 10.3. The van der Waals surface area contributed by atoms with Gasteiger partial charge in [-0.1, -0.05) is 65.8 Å². The summed E-state index contributed by atoms with van der Waals surface area (Å²) in [5.41, 5.74) is 2.93. The molecule has 4 nitrogen and oxygen atoms in total. The molecule has 3 aromatic rings. The van der Waals surface area contributed by atoms with Crippen molar-refractivity contribution in [3.05, 3.63) is 95.6 Å². The maximum Gasteiger partial charge on any atom is 0.128 e. The zero-order chi connectivity index (χ0) is 17.5. The predicted molar refractivity (Wildman–Crippen MR) is 97.4 cm³/mol. The molecule has 0 radical (unpaired) electrons. The summed E-state index contributed by atoms with van der Waals surface area (Å²) in [6.07, 6.45) is 0.426. The molecule has 0 saturated heterocycles. The second kappa shape index (κ2) is 8.02. The van der Waals surface area contributed by atoms with Crippen LogP contribution in [-0.2, 0) is 13.0 Å². The number of hydrogen-bond donors (Lipinski definition) is 2. The van der Waals surface area contributed by atoms with Crippen LogP contribution in [0.25, 0.3) is 0 Å². The first-order valence-corrected chi connectivity index (χ1v) is 8.01. The van der Waals surface area contributed by atoms with Gasteiger partial charge in [0.15, 0.2) is 0 Å². The first kappa shape index (κ1) is 16.6. The minimum atomic E-state index is 0.0225. The number of aromatic hydroxyl groups is 1. The number of phenolic OH excluding ortho intramolecular Hbond substituents is 1. The van der Waals surface area contributed by atoms with Crippen molar-refractivity contribution in [2.75, 3.05) is 0 Å². The van der Waals surface area contributed by atoms with Crippen molar-refractivity contribution < 1.29 is 15.1 Å². The molecule has 0 bridgehead atoms. The summed E-state index contributed by atoms with van der Waals surface area (Å²) in [7, 11) is 0. The average Bonchev–Trinajstić information content (AvgIpc) is 2.66. The molecule has 2 N–H and O–H groups in total. The van der Waals surface area contributed by atoms with E-state index in [0.29, 0.717) is 30.1 Å². The van der Waals surface area contributed by atoms with Crippen molar-refractivity contribution in [2.45, 2.75) is 13.0 Å². The Bertz CT molecular complexity index is 846. The third-order valence-electron chi connectivity index (χ3n) is 3.86. The molecule has 0 aromatic heterocycles. The summed E-state index contributed by atoms with van der Waals surface area (Å²) in [6, 6.07) is 24.5. The standard InChI is InChI=1S/C21H19NO3/c23-21-14-18(25-15-17-9-5-2-6-10-17)11-12-19(21)20(22-24)13-16-7-3-1-4-8-16/h1-12,14,23-24H,13,15H2/b22-20-. The molecule has 4 heteroatoms. The van der Waals surface area contributed by atoms with Crippen LogP contribution < -0.4 is 4.74 Å². The summed E-state index contributed by atoms with van der Waals surface area (Å²) in [5.74, 6) is 0.580. The first-order chi connectivity index (χ1) is 12.3. The predicted octanol–water partition coefficient (Wildman–Crippen LogP) is 4.39. The molecule has 0 amide bonds. The fourth-order valence-corrected chi connectivity index (χ4v) is 2.56. The summed E-state index contributed by atoms with van der Waals surface area (Å²) < 4.78 is 5.70. The molecule has 0 saturated carbocycles. The minimum Gasteiger partial charge on any atom is -0.507 e. The molecular formula is C21H19NO3. The Labute approximate surface area is 146 Å². The van der Waals surface area contributed by atoms with Crippen LogP contribution in [0.1, 0.15) is 16.7 Å². The van der Waals surface area contributed by atoms with E-state index >= 15 is 0 Å². The number of ether oxygens (including phenoxy) is 1. The van der Waals surface area contributed by atoms with Gasteiger partial charge in [-0.05, 0) is 23.3 Å². The average molecular weight is 333 g/mol.